The molecule has 34 heavy (non-hydrogen) atoms. The number of hydrogen-bond acceptors (Lipinski definition) is 5. The lowest BCUT2D eigenvalue weighted by atomic mass is 9.84. The first-order valence-corrected chi connectivity index (χ1v) is 11.2. The SMILES string of the molecule is CC(C)(C)[C@H](c1nc(-c2cc(F)ccc2F)nn1Cc1ccccc1)N(CCCN)C(=O)CO. The Balaban J connectivity index is 2.20. The largest absolute Gasteiger partial charge is 0.387 e. The highest BCUT2D eigenvalue weighted by atomic mass is 19.1. The fraction of sp³-hybridized carbons (Fsp3) is 0.400. The van der Waals surface area contributed by atoms with E-state index in [4.69, 9.17) is 5.73 Å². The molecule has 0 aliphatic rings. The molecular formula is C25H31F2N5O2. The van der Waals surface area contributed by atoms with Gasteiger partial charge in [0.05, 0.1) is 18.2 Å². The van der Waals surface area contributed by atoms with Gasteiger partial charge in [0.15, 0.2) is 11.6 Å². The number of nitrogens with two attached hydrogens (primary N) is 1. The summed E-state index contributed by atoms with van der Waals surface area (Å²) in [6, 6.07) is 12.0. The van der Waals surface area contributed by atoms with Gasteiger partial charge in [-0.3, -0.25) is 4.79 Å². The summed E-state index contributed by atoms with van der Waals surface area (Å²) in [5.41, 5.74) is 6.03. The van der Waals surface area contributed by atoms with Crippen molar-refractivity contribution in [3.63, 3.8) is 0 Å². The first-order valence-electron chi connectivity index (χ1n) is 11.2. The van der Waals surface area contributed by atoms with Gasteiger partial charge in [-0.1, -0.05) is 51.1 Å². The lowest BCUT2D eigenvalue weighted by molar-refractivity contribution is -0.139. The number of carbonyl (C=O) groups excluding carboxylic acids is 1. The smallest absolute Gasteiger partial charge is 0.248 e. The molecule has 3 rings (SSSR count). The van der Waals surface area contributed by atoms with Crippen LogP contribution in [0.1, 0.15) is 44.6 Å². The van der Waals surface area contributed by atoms with E-state index in [-0.39, 0.29) is 11.4 Å². The number of carbonyl (C=O) groups is 1. The number of halogens is 2. The molecule has 9 heteroatoms. The maximum absolute atomic E-state index is 14.6. The number of rotatable bonds is 9. The number of aliphatic hydroxyl groups excluding tert-OH is 1. The molecule has 0 radical (unpaired) electrons. The van der Waals surface area contributed by atoms with Crippen LogP contribution in [0.15, 0.2) is 48.5 Å². The van der Waals surface area contributed by atoms with E-state index < -0.39 is 35.6 Å². The minimum Gasteiger partial charge on any atom is -0.387 e. The molecule has 7 nitrogen and oxygen atoms in total. The van der Waals surface area contributed by atoms with Crippen molar-refractivity contribution >= 4 is 5.91 Å². The summed E-state index contributed by atoms with van der Waals surface area (Å²) in [4.78, 5) is 19.0. The predicted molar refractivity (Wildman–Crippen MR) is 126 cm³/mol. The number of aromatic nitrogens is 3. The molecule has 2 aromatic carbocycles. The Kier molecular flexibility index (Phi) is 8.11. The van der Waals surface area contributed by atoms with Gasteiger partial charge in [0.2, 0.25) is 5.91 Å². The molecule has 0 saturated heterocycles. The molecule has 0 spiro atoms. The molecule has 1 atom stereocenters. The average molecular weight is 472 g/mol. The van der Waals surface area contributed by atoms with E-state index in [1.54, 1.807) is 9.58 Å². The van der Waals surface area contributed by atoms with Crippen LogP contribution in [0.4, 0.5) is 8.78 Å². The van der Waals surface area contributed by atoms with Crippen molar-refractivity contribution in [3.05, 3.63) is 71.6 Å². The van der Waals surface area contributed by atoms with Gasteiger partial charge in [-0.15, -0.1) is 0 Å². The molecule has 3 aromatic rings. The fourth-order valence-corrected chi connectivity index (χ4v) is 3.96. The van der Waals surface area contributed by atoms with Crippen LogP contribution in [0.25, 0.3) is 11.4 Å². The normalized spacial score (nSPS) is 12.6. The summed E-state index contributed by atoms with van der Waals surface area (Å²) in [6.45, 7) is 6.15. The quantitative estimate of drug-likeness (QED) is 0.498. The topological polar surface area (TPSA) is 97.3 Å². The number of aliphatic hydroxyl groups is 1. The highest BCUT2D eigenvalue weighted by Gasteiger charge is 2.38. The summed E-state index contributed by atoms with van der Waals surface area (Å²) in [7, 11) is 0. The van der Waals surface area contributed by atoms with E-state index in [0.29, 0.717) is 31.9 Å². The minimum atomic E-state index is -0.671. The van der Waals surface area contributed by atoms with E-state index in [0.717, 1.165) is 23.8 Å². The van der Waals surface area contributed by atoms with Crippen molar-refractivity contribution in [3.8, 4) is 11.4 Å². The zero-order chi connectivity index (χ0) is 24.9. The Hall–Kier alpha value is -3.17. The van der Waals surface area contributed by atoms with Gasteiger partial charge >= 0.3 is 0 Å². The number of nitrogens with zero attached hydrogens (tertiary/aromatic N) is 4. The lowest BCUT2D eigenvalue weighted by Crippen LogP contribution is -2.44. The molecule has 1 amide bonds. The van der Waals surface area contributed by atoms with Crippen LogP contribution in [-0.4, -0.2) is 50.4 Å². The molecule has 0 bridgehead atoms. The van der Waals surface area contributed by atoms with Crippen LogP contribution in [0, 0.1) is 17.0 Å². The average Bonchev–Trinajstić information content (AvgIpc) is 3.19. The third kappa shape index (κ3) is 5.84. The maximum atomic E-state index is 14.6. The van der Waals surface area contributed by atoms with Gasteiger partial charge in [0.25, 0.3) is 0 Å². The van der Waals surface area contributed by atoms with Crippen LogP contribution >= 0.6 is 0 Å². The van der Waals surface area contributed by atoms with E-state index in [1.807, 2.05) is 51.1 Å². The highest BCUT2D eigenvalue weighted by Crippen LogP contribution is 2.38. The minimum absolute atomic E-state index is 0.0207. The van der Waals surface area contributed by atoms with E-state index in [2.05, 4.69) is 10.1 Å². The van der Waals surface area contributed by atoms with Gasteiger partial charge in [0.1, 0.15) is 18.2 Å². The maximum Gasteiger partial charge on any atom is 0.248 e. The van der Waals surface area contributed by atoms with E-state index in [1.165, 1.54) is 0 Å². The predicted octanol–water partition coefficient (Wildman–Crippen LogP) is 3.53. The monoisotopic (exact) mass is 471 g/mol. The molecule has 0 aliphatic heterocycles. The zero-order valence-corrected chi connectivity index (χ0v) is 19.7. The summed E-state index contributed by atoms with van der Waals surface area (Å²) in [5.74, 6) is -1.30. The molecular weight excluding hydrogens is 440 g/mol. The third-order valence-corrected chi connectivity index (χ3v) is 5.48. The Labute approximate surface area is 198 Å². The van der Waals surface area contributed by atoms with Crippen LogP contribution in [0.5, 0.6) is 0 Å². The van der Waals surface area contributed by atoms with Crippen molar-refractivity contribution in [1.82, 2.24) is 19.7 Å². The summed E-state index contributed by atoms with van der Waals surface area (Å²) < 4.78 is 30.1. The van der Waals surface area contributed by atoms with Gasteiger partial charge in [-0.05, 0) is 42.1 Å². The molecule has 0 aliphatic carbocycles. The molecule has 1 heterocycles. The van der Waals surface area contributed by atoms with Gasteiger partial charge in [-0.2, -0.15) is 5.10 Å². The fourth-order valence-electron chi connectivity index (χ4n) is 3.96. The first-order chi connectivity index (χ1) is 16.2. The Morgan fingerprint density at radius 2 is 1.88 bits per heavy atom. The van der Waals surface area contributed by atoms with Crippen molar-refractivity contribution in [2.75, 3.05) is 19.7 Å². The molecule has 182 valence electrons. The molecule has 0 saturated carbocycles. The van der Waals surface area contributed by atoms with Crippen molar-refractivity contribution < 1.29 is 18.7 Å². The summed E-state index contributed by atoms with van der Waals surface area (Å²) >= 11 is 0. The van der Waals surface area contributed by atoms with Crippen LogP contribution in [0.2, 0.25) is 0 Å². The number of benzene rings is 2. The van der Waals surface area contributed by atoms with Gasteiger partial charge in [-0.25, -0.2) is 18.4 Å². The van der Waals surface area contributed by atoms with Gasteiger partial charge < -0.3 is 15.7 Å². The van der Waals surface area contributed by atoms with Crippen LogP contribution in [-0.2, 0) is 11.3 Å². The second-order valence-electron chi connectivity index (χ2n) is 9.22. The van der Waals surface area contributed by atoms with Gasteiger partial charge in [0, 0.05) is 6.54 Å². The van der Waals surface area contributed by atoms with Crippen molar-refractivity contribution in [1.29, 1.82) is 0 Å². The van der Waals surface area contributed by atoms with Crippen molar-refractivity contribution in [2.45, 2.75) is 39.8 Å². The zero-order valence-electron chi connectivity index (χ0n) is 19.7. The Bertz CT molecular complexity index is 1110. The van der Waals surface area contributed by atoms with Crippen LogP contribution < -0.4 is 5.73 Å². The van der Waals surface area contributed by atoms with Crippen molar-refractivity contribution in [2.24, 2.45) is 11.1 Å². The second kappa shape index (κ2) is 10.8. The second-order valence-corrected chi connectivity index (χ2v) is 9.22. The van der Waals surface area contributed by atoms with E-state index in [9.17, 15) is 18.7 Å². The van der Waals surface area contributed by atoms with E-state index >= 15 is 0 Å². The summed E-state index contributed by atoms with van der Waals surface area (Å²) in [5, 5.41) is 14.2. The Morgan fingerprint density at radius 1 is 1.18 bits per heavy atom. The standard InChI is InChI=1S/C25H31F2N5O2/c1-25(2,3)22(31(13-7-12-28)21(34)16-33)24-29-23(19-14-18(26)10-11-20(19)27)30-32(24)15-17-8-5-4-6-9-17/h4-6,8-11,14,22,33H,7,12-13,15-16,28H2,1-3H3/t22-/m0/s1. The summed E-state index contributed by atoms with van der Waals surface area (Å²) in [6.07, 6.45) is 0.524. The molecule has 1 aromatic heterocycles. The number of hydrogen-bond donors (Lipinski definition) is 2. The number of amides is 1. The molecule has 0 fully saturated rings. The lowest BCUT2D eigenvalue weighted by Gasteiger charge is -2.39. The molecule has 3 N–H and O–H groups in total. The highest BCUT2D eigenvalue weighted by molar-refractivity contribution is 5.77. The third-order valence-electron chi connectivity index (χ3n) is 5.48. The Morgan fingerprint density at radius 3 is 2.50 bits per heavy atom. The first kappa shape index (κ1) is 25.5. The molecule has 0 unspecified atom stereocenters. The van der Waals surface area contributed by atoms with Crippen LogP contribution in [0.3, 0.4) is 0 Å².